The molecule has 3 N–H and O–H groups in total. The zero-order valence-electron chi connectivity index (χ0n) is 11.7. The molecule has 1 fully saturated rings. The molecular weight excluding hydrogens is 232 g/mol. The van der Waals surface area contributed by atoms with Crippen LogP contribution >= 0.6 is 0 Å². The summed E-state index contributed by atoms with van der Waals surface area (Å²) in [5, 5.41) is 15.3. The molecule has 1 rings (SSSR count). The minimum absolute atomic E-state index is 0.0891. The Morgan fingerprint density at radius 1 is 1.33 bits per heavy atom. The first-order valence-corrected chi connectivity index (χ1v) is 6.44. The van der Waals surface area contributed by atoms with E-state index in [0.717, 1.165) is 19.4 Å². The molecular formula is C13H24N2O3. The Hall–Kier alpha value is -1.10. The molecule has 104 valence electrons. The summed E-state index contributed by atoms with van der Waals surface area (Å²) in [5.41, 5.74) is -1.79. The molecule has 1 heterocycles. The summed E-state index contributed by atoms with van der Waals surface area (Å²) in [6.45, 7) is 7.72. The molecule has 5 heteroatoms. The molecule has 1 saturated heterocycles. The maximum absolute atomic E-state index is 11.9. The minimum atomic E-state index is -1.01. The number of carboxylic acid groups (broad SMARTS) is 1. The van der Waals surface area contributed by atoms with Gasteiger partial charge in [0.05, 0.1) is 5.41 Å². The normalized spacial score (nSPS) is 20.8. The highest BCUT2D eigenvalue weighted by atomic mass is 16.4. The number of rotatable bonds is 5. The molecule has 0 radical (unpaired) electrons. The standard InChI is InChI=1S/C13H24N2O3/c1-12(2,11(17)18)13(3,4)15-10(16)8-9-6-5-7-14-9/h9,14H,5-8H2,1-4H3,(H,15,16)(H,17,18). The Morgan fingerprint density at radius 3 is 2.39 bits per heavy atom. The van der Waals surface area contributed by atoms with Crippen LogP contribution in [0.2, 0.25) is 0 Å². The Bertz CT molecular complexity index is 331. The molecule has 0 bridgehead atoms. The van der Waals surface area contributed by atoms with E-state index in [-0.39, 0.29) is 11.9 Å². The predicted octanol–water partition coefficient (Wildman–Crippen LogP) is 1.13. The first kappa shape index (κ1) is 15.0. The van der Waals surface area contributed by atoms with E-state index in [1.807, 2.05) is 0 Å². The Labute approximate surface area is 108 Å². The monoisotopic (exact) mass is 256 g/mol. The van der Waals surface area contributed by atoms with E-state index < -0.39 is 16.9 Å². The SMILES string of the molecule is CC(C)(NC(=O)CC1CCCN1)C(C)(C)C(=O)O. The molecule has 1 unspecified atom stereocenters. The number of nitrogens with one attached hydrogen (secondary N) is 2. The van der Waals surface area contributed by atoms with Gasteiger partial charge in [-0.3, -0.25) is 9.59 Å². The van der Waals surface area contributed by atoms with E-state index in [0.29, 0.717) is 6.42 Å². The number of amides is 1. The van der Waals surface area contributed by atoms with Crippen LogP contribution in [0.3, 0.4) is 0 Å². The molecule has 5 nitrogen and oxygen atoms in total. The van der Waals surface area contributed by atoms with Gasteiger partial charge in [0.1, 0.15) is 0 Å². The van der Waals surface area contributed by atoms with E-state index in [1.54, 1.807) is 27.7 Å². The fraction of sp³-hybridized carbons (Fsp3) is 0.846. The van der Waals surface area contributed by atoms with Crippen LogP contribution in [0.5, 0.6) is 0 Å². The van der Waals surface area contributed by atoms with Gasteiger partial charge in [0.2, 0.25) is 5.91 Å². The molecule has 1 atom stereocenters. The van der Waals surface area contributed by atoms with Crippen LogP contribution in [-0.2, 0) is 9.59 Å². The van der Waals surface area contributed by atoms with Crippen molar-refractivity contribution in [1.29, 1.82) is 0 Å². The highest BCUT2D eigenvalue weighted by Gasteiger charge is 2.44. The van der Waals surface area contributed by atoms with Gasteiger partial charge in [-0.2, -0.15) is 0 Å². The van der Waals surface area contributed by atoms with E-state index in [1.165, 1.54) is 0 Å². The number of aliphatic carboxylic acids is 1. The molecule has 1 aliphatic heterocycles. The molecule has 0 spiro atoms. The van der Waals surface area contributed by atoms with Crippen LogP contribution in [0.1, 0.15) is 47.0 Å². The number of hydrogen-bond donors (Lipinski definition) is 3. The summed E-state index contributed by atoms with van der Waals surface area (Å²) < 4.78 is 0. The van der Waals surface area contributed by atoms with Gasteiger partial charge in [-0.15, -0.1) is 0 Å². The summed E-state index contributed by atoms with van der Waals surface area (Å²) in [5.74, 6) is -1.000. The van der Waals surface area contributed by atoms with E-state index in [4.69, 9.17) is 0 Å². The van der Waals surface area contributed by atoms with Crippen molar-refractivity contribution in [2.24, 2.45) is 5.41 Å². The number of carbonyl (C=O) groups is 2. The van der Waals surface area contributed by atoms with Crippen LogP contribution in [0.25, 0.3) is 0 Å². The van der Waals surface area contributed by atoms with Gasteiger partial charge in [-0.1, -0.05) is 0 Å². The van der Waals surface area contributed by atoms with E-state index in [9.17, 15) is 14.7 Å². The van der Waals surface area contributed by atoms with Crippen molar-refractivity contribution in [1.82, 2.24) is 10.6 Å². The summed E-state index contributed by atoms with van der Waals surface area (Å²) >= 11 is 0. The summed E-state index contributed by atoms with van der Waals surface area (Å²) in [6.07, 6.45) is 2.53. The predicted molar refractivity (Wildman–Crippen MR) is 69.3 cm³/mol. The molecule has 0 aromatic rings. The lowest BCUT2D eigenvalue weighted by Gasteiger charge is -2.39. The fourth-order valence-corrected chi connectivity index (χ4v) is 1.98. The van der Waals surface area contributed by atoms with Crippen molar-refractivity contribution in [2.75, 3.05) is 6.54 Å². The molecule has 1 amide bonds. The van der Waals surface area contributed by atoms with Crippen LogP contribution in [0, 0.1) is 5.41 Å². The Morgan fingerprint density at radius 2 is 1.94 bits per heavy atom. The van der Waals surface area contributed by atoms with Crippen molar-refractivity contribution in [3.8, 4) is 0 Å². The van der Waals surface area contributed by atoms with E-state index in [2.05, 4.69) is 10.6 Å². The van der Waals surface area contributed by atoms with Gasteiger partial charge in [0, 0.05) is 18.0 Å². The minimum Gasteiger partial charge on any atom is -0.481 e. The van der Waals surface area contributed by atoms with Gasteiger partial charge in [-0.05, 0) is 47.1 Å². The third-order valence-electron chi connectivity index (χ3n) is 4.14. The molecule has 0 aromatic carbocycles. The number of carboxylic acids is 1. The third-order valence-corrected chi connectivity index (χ3v) is 4.14. The molecule has 1 aliphatic rings. The first-order valence-electron chi connectivity index (χ1n) is 6.44. The van der Waals surface area contributed by atoms with Crippen LogP contribution in [0.4, 0.5) is 0 Å². The van der Waals surface area contributed by atoms with Crippen molar-refractivity contribution in [3.05, 3.63) is 0 Å². The second kappa shape index (κ2) is 5.26. The second-order valence-electron chi connectivity index (χ2n) is 6.10. The van der Waals surface area contributed by atoms with Gasteiger partial charge >= 0.3 is 5.97 Å². The first-order chi connectivity index (χ1) is 8.17. The lowest BCUT2D eigenvalue weighted by atomic mass is 9.74. The molecule has 0 aliphatic carbocycles. The number of hydrogen-bond acceptors (Lipinski definition) is 3. The highest BCUT2D eigenvalue weighted by Crippen LogP contribution is 2.30. The smallest absolute Gasteiger partial charge is 0.311 e. The fourth-order valence-electron chi connectivity index (χ4n) is 1.98. The highest BCUT2D eigenvalue weighted by molar-refractivity contribution is 5.81. The van der Waals surface area contributed by atoms with E-state index >= 15 is 0 Å². The summed E-state index contributed by atoms with van der Waals surface area (Å²) in [7, 11) is 0. The second-order valence-corrected chi connectivity index (χ2v) is 6.10. The molecule has 0 saturated carbocycles. The lowest BCUT2D eigenvalue weighted by molar-refractivity contribution is -0.151. The van der Waals surface area contributed by atoms with Gasteiger partial charge in [-0.25, -0.2) is 0 Å². The van der Waals surface area contributed by atoms with Crippen molar-refractivity contribution in [3.63, 3.8) is 0 Å². The maximum atomic E-state index is 11.9. The summed E-state index contributed by atoms with van der Waals surface area (Å²) in [4.78, 5) is 23.2. The van der Waals surface area contributed by atoms with Gasteiger partial charge in [0.25, 0.3) is 0 Å². The van der Waals surface area contributed by atoms with Crippen molar-refractivity contribution in [2.45, 2.75) is 58.5 Å². The quantitative estimate of drug-likeness (QED) is 0.689. The maximum Gasteiger partial charge on any atom is 0.311 e. The average molecular weight is 256 g/mol. The van der Waals surface area contributed by atoms with Crippen LogP contribution in [0.15, 0.2) is 0 Å². The Balaban J connectivity index is 2.58. The topological polar surface area (TPSA) is 78.4 Å². The van der Waals surface area contributed by atoms with Crippen molar-refractivity contribution >= 4 is 11.9 Å². The molecule has 0 aromatic heterocycles. The third kappa shape index (κ3) is 3.22. The zero-order valence-corrected chi connectivity index (χ0v) is 11.7. The van der Waals surface area contributed by atoms with Gasteiger partial charge in [0.15, 0.2) is 0 Å². The molecule has 18 heavy (non-hydrogen) atoms. The lowest BCUT2D eigenvalue weighted by Crippen LogP contribution is -2.57. The van der Waals surface area contributed by atoms with Gasteiger partial charge < -0.3 is 15.7 Å². The van der Waals surface area contributed by atoms with Crippen LogP contribution in [-0.4, -0.2) is 35.1 Å². The Kier molecular flexibility index (Phi) is 4.37. The zero-order chi connectivity index (χ0) is 14.0. The van der Waals surface area contributed by atoms with Crippen LogP contribution < -0.4 is 10.6 Å². The summed E-state index contributed by atoms with van der Waals surface area (Å²) in [6, 6.07) is 0.230. The average Bonchev–Trinajstić information content (AvgIpc) is 2.68. The number of carbonyl (C=O) groups excluding carboxylic acids is 1. The van der Waals surface area contributed by atoms with Crippen molar-refractivity contribution < 1.29 is 14.7 Å². The largest absolute Gasteiger partial charge is 0.481 e.